The molecule has 3 N–H and O–H groups in total. The Morgan fingerprint density at radius 1 is 1.03 bits per heavy atom. The van der Waals surface area contributed by atoms with E-state index in [4.69, 9.17) is 5.11 Å². The number of carboxylic acids is 1. The summed E-state index contributed by atoms with van der Waals surface area (Å²) in [6, 6.07) is 20.8. The quantitative estimate of drug-likeness (QED) is 0.512. The molecule has 0 spiro atoms. The highest BCUT2D eigenvalue weighted by atomic mass is 16.4. The molecule has 33 heavy (non-hydrogen) atoms. The third-order valence-electron chi connectivity index (χ3n) is 6.19. The van der Waals surface area contributed by atoms with E-state index in [0.29, 0.717) is 0 Å². The highest BCUT2D eigenvalue weighted by Crippen LogP contribution is 2.28. The van der Waals surface area contributed by atoms with Gasteiger partial charge >= 0.3 is 5.97 Å². The molecule has 2 unspecified atom stereocenters. The van der Waals surface area contributed by atoms with Crippen molar-refractivity contribution in [2.75, 3.05) is 13.1 Å². The van der Waals surface area contributed by atoms with Gasteiger partial charge in [0.1, 0.15) is 5.75 Å². The first-order valence-corrected chi connectivity index (χ1v) is 11.3. The Hall–Kier alpha value is -3.22. The number of aliphatic hydroxyl groups is 1. The highest BCUT2D eigenvalue weighted by Gasteiger charge is 2.27. The number of aromatic nitrogens is 1. The van der Waals surface area contributed by atoms with Crippen LogP contribution < -0.4 is 0 Å². The summed E-state index contributed by atoms with van der Waals surface area (Å²) in [6.45, 7) is 4.16. The topological polar surface area (TPSA) is 93.9 Å². The van der Waals surface area contributed by atoms with Gasteiger partial charge in [-0.3, -0.25) is 9.88 Å². The summed E-state index contributed by atoms with van der Waals surface area (Å²) in [5.41, 5.74) is 2.51. The van der Waals surface area contributed by atoms with Crippen LogP contribution in [0.2, 0.25) is 0 Å². The van der Waals surface area contributed by atoms with Crippen molar-refractivity contribution in [2.24, 2.45) is 5.92 Å². The Balaban J connectivity index is 0.000000286. The highest BCUT2D eigenvalue weighted by molar-refractivity contribution is 5.86. The van der Waals surface area contributed by atoms with Crippen molar-refractivity contribution in [1.29, 1.82) is 0 Å². The second-order valence-corrected chi connectivity index (χ2v) is 8.49. The minimum Gasteiger partial charge on any atom is -0.508 e. The molecular formula is C27H32N2O4. The third-order valence-corrected chi connectivity index (χ3v) is 6.19. The molecule has 1 aromatic heterocycles. The van der Waals surface area contributed by atoms with E-state index in [2.05, 4.69) is 47.1 Å². The summed E-state index contributed by atoms with van der Waals surface area (Å²) in [5.74, 6) is 0.0325. The predicted octanol–water partition coefficient (Wildman–Crippen LogP) is 4.55. The molecular weight excluding hydrogens is 416 g/mol. The van der Waals surface area contributed by atoms with Gasteiger partial charge in [-0.1, -0.05) is 42.5 Å². The van der Waals surface area contributed by atoms with Crippen LogP contribution in [0.1, 0.15) is 47.4 Å². The van der Waals surface area contributed by atoms with Crippen LogP contribution in [-0.4, -0.2) is 50.3 Å². The SMILES string of the molecule is CC(C(O)c1ccc(O)cc1)N1CCC(Cc2ccccc2)CC1.O=C(O)c1cccnc1. The Morgan fingerprint density at radius 3 is 2.24 bits per heavy atom. The second-order valence-electron chi connectivity index (χ2n) is 8.49. The molecule has 4 rings (SSSR count). The lowest BCUT2D eigenvalue weighted by Gasteiger charge is -2.38. The van der Waals surface area contributed by atoms with E-state index in [1.807, 2.05) is 0 Å². The average Bonchev–Trinajstić information content (AvgIpc) is 2.86. The largest absolute Gasteiger partial charge is 0.508 e. The fraction of sp³-hybridized carbons (Fsp3) is 0.333. The minimum atomic E-state index is -0.942. The van der Waals surface area contributed by atoms with Gasteiger partial charge in [0, 0.05) is 18.4 Å². The van der Waals surface area contributed by atoms with Crippen LogP contribution in [-0.2, 0) is 6.42 Å². The van der Waals surface area contributed by atoms with Gasteiger partial charge in [-0.15, -0.1) is 0 Å². The molecule has 0 amide bonds. The van der Waals surface area contributed by atoms with Gasteiger partial charge in [-0.25, -0.2) is 4.79 Å². The first-order valence-electron chi connectivity index (χ1n) is 11.3. The molecule has 0 bridgehead atoms. The summed E-state index contributed by atoms with van der Waals surface area (Å²) >= 11 is 0. The summed E-state index contributed by atoms with van der Waals surface area (Å²) in [7, 11) is 0. The predicted molar refractivity (Wildman–Crippen MR) is 128 cm³/mol. The number of hydrogen-bond acceptors (Lipinski definition) is 5. The molecule has 1 fully saturated rings. The molecule has 1 aliphatic rings. The van der Waals surface area contributed by atoms with Gasteiger partial charge in [0.25, 0.3) is 0 Å². The molecule has 0 aliphatic carbocycles. The monoisotopic (exact) mass is 448 g/mol. The van der Waals surface area contributed by atoms with Gasteiger partial charge in [0.2, 0.25) is 0 Å². The molecule has 1 aliphatic heterocycles. The fourth-order valence-electron chi connectivity index (χ4n) is 4.15. The average molecular weight is 449 g/mol. The van der Waals surface area contributed by atoms with Gasteiger partial charge < -0.3 is 15.3 Å². The summed E-state index contributed by atoms with van der Waals surface area (Å²) < 4.78 is 0. The molecule has 1 saturated heterocycles. The summed E-state index contributed by atoms with van der Waals surface area (Å²) in [5, 5.41) is 28.3. The number of carboxylic acid groups (broad SMARTS) is 1. The van der Waals surface area contributed by atoms with Crippen LogP contribution in [0.3, 0.4) is 0 Å². The molecule has 0 saturated carbocycles. The molecule has 2 aromatic carbocycles. The van der Waals surface area contributed by atoms with Crippen LogP contribution in [0.15, 0.2) is 79.1 Å². The lowest BCUT2D eigenvalue weighted by atomic mass is 9.89. The second kappa shape index (κ2) is 12.1. The first kappa shape index (κ1) is 24.4. The first-order chi connectivity index (χ1) is 15.9. The van der Waals surface area contributed by atoms with Crippen LogP contribution in [0.5, 0.6) is 5.75 Å². The van der Waals surface area contributed by atoms with E-state index >= 15 is 0 Å². The van der Waals surface area contributed by atoms with Crippen molar-refractivity contribution in [1.82, 2.24) is 9.88 Å². The molecule has 6 heteroatoms. The van der Waals surface area contributed by atoms with E-state index in [1.165, 1.54) is 36.9 Å². The number of aromatic hydroxyl groups is 1. The summed E-state index contributed by atoms with van der Waals surface area (Å²) in [4.78, 5) is 16.2. The molecule has 2 atom stereocenters. The van der Waals surface area contributed by atoms with Gasteiger partial charge in [0.15, 0.2) is 0 Å². The number of carbonyl (C=O) groups is 1. The van der Waals surface area contributed by atoms with E-state index in [0.717, 1.165) is 31.0 Å². The van der Waals surface area contributed by atoms with Gasteiger partial charge in [-0.05, 0) is 80.6 Å². The van der Waals surface area contributed by atoms with Crippen LogP contribution in [0.25, 0.3) is 0 Å². The number of nitrogens with zero attached hydrogens (tertiary/aromatic N) is 2. The maximum absolute atomic E-state index is 10.6. The maximum atomic E-state index is 10.6. The number of benzene rings is 2. The van der Waals surface area contributed by atoms with E-state index in [9.17, 15) is 15.0 Å². The van der Waals surface area contributed by atoms with Crippen molar-refractivity contribution in [3.8, 4) is 5.75 Å². The van der Waals surface area contributed by atoms with E-state index in [1.54, 1.807) is 30.3 Å². The number of aromatic carboxylic acids is 1. The molecule has 2 heterocycles. The Bertz CT molecular complexity index is 972. The number of piperidine rings is 1. The van der Waals surface area contributed by atoms with Crippen molar-refractivity contribution < 1.29 is 20.1 Å². The van der Waals surface area contributed by atoms with Gasteiger partial charge in [0.05, 0.1) is 11.7 Å². The van der Waals surface area contributed by atoms with Gasteiger partial charge in [-0.2, -0.15) is 0 Å². The Kier molecular flexibility index (Phi) is 8.98. The van der Waals surface area contributed by atoms with E-state index < -0.39 is 12.1 Å². The number of rotatable bonds is 6. The maximum Gasteiger partial charge on any atom is 0.337 e. The zero-order valence-corrected chi connectivity index (χ0v) is 18.9. The lowest BCUT2D eigenvalue weighted by Crippen LogP contribution is -2.43. The van der Waals surface area contributed by atoms with Crippen molar-refractivity contribution in [3.63, 3.8) is 0 Å². The Morgan fingerprint density at radius 2 is 1.70 bits per heavy atom. The molecule has 0 radical (unpaired) electrons. The van der Waals surface area contributed by atoms with Crippen molar-refractivity contribution in [3.05, 3.63) is 95.8 Å². The fourth-order valence-corrected chi connectivity index (χ4v) is 4.15. The van der Waals surface area contributed by atoms with E-state index in [-0.39, 0.29) is 17.4 Å². The lowest BCUT2D eigenvalue weighted by molar-refractivity contribution is 0.0373. The minimum absolute atomic E-state index is 0.0900. The molecule has 174 valence electrons. The summed E-state index contributed by atoms with van der Waals surface area (Å²) in [6.07, 6.45) is 5.85. The van der Waals surface area contributed by atoms with Crippen molar-refractivity contribution in [2.45, 2.75) is 38.3 Å². The van der Waals surface area contributed by atoms with Crippen LogP contribution in [0.4, 0.5) is 0 Å². The van der Waals surface area contributed by atoms with Crippen molar-refractivity contribution >= 4 is 5.97 Å². The number of phenols is 1. The number of hydrogen-bond donors (Lipinski definition) is 3. The third kappa shape index (κ3) is 7.41. The Labute approximate surface area is 195 Å². The molecule has 3 aromatic rings. The van der Waals surface area contributed by atoms with Crippen LogP contribution >= 0.6 is 0 Å². The number of pyridine rings is 1. The normalized spacial score (nSPS) is 16.3. The number of likely N-dealkylation sites (tertiary alicyclic amines) is 1. The zero-order chi connectivity index (χ0) is 23.6. The standard InChI is InChI=1S/C21H27NO2.C6H5NO2/c1-16(21(24)19-7-9-20(23)10-8-19)22-13-11-18(12-14-22)15-17-5-3-2-4-6-17;8-6(9)5-2-1-3-7-4-5/h2-10,16,18,21,23-24H,11-15H2,1H3;1-4H,(H,8,9). The smallest absolute Gasteiger partial charge is 0.337 e. The number of phenolic OH excluding ortho intramolecular Hbond substituents is 1. The zero-order valence-electron chi connectivity index (χ0n) is 18.9. The number of aliphatic hydroxyl groups excluding tert-OH is 1. The molecule has 6 nitrogen and oxygen atoms in total. The van der Waals surface area contributed by atoms with Crippen LogP contribution in [0, 0.1) is 5.92 Å².